The monoisotopic (exact) mass is 224 g/mol. The second-order valence-electron chi connectivity index (χ2n) is 5.93. The summed E-state index contributed by atoms with van der Waals surface area (Å²) in [7, 11) is 4.75. The van der Waals surface area contributed by atoms with Crippen LogP contribution in [0.2, 0.25) is 0 Å². The number of nitrogens with one attached hydrogen (secondary N) is 2. The summed E-state index contributed by atoms with van der Waals surface area (Å²) >= 11 is 0. The van der Waals surface area contributed by atoms with Crippen molar-refractivity contribution in [1.29, 1.82) is 0 Å². The molecule has 2 heteroatoms. The molecule has 1 saturated heterocycles. The maximum Gasteiger partial charge on any atom is 0.0981 e. The van der Waals surface area contributed by atoms with Gasteiger partial charge in [0.1, 0.15) is 0 Å². The molecule has 0 radical (unpaired) electrons. The molecule has 1 unspecified atom stereocenters. The number of hydrogen-bond acceptors (Lipinski definition) is 0. The Labute approximate surface area is 100 Å². The molecule has 1 fully saturated rings. The minimum atomic E-state index is 0.939. The zero-order chi connectivity index (χ0) is 11.4. The van der Waals surface area contributed by atoms with Crippen molar-refractivity contribution in [2.24, 2.45) is 5.92 Å². The van der Waals surface area contributed by atoms with Crippen LogP contribution in [0.4, 0.5) is 0 Å². The van der Waals surface area contributed by atoms with Crippen LogP contribution in [0.15, 0.2) is 12.2 Å². The molecule has 0 aromatic heterocycles. The Morgan fingerprint density at radius 3 is 2.56 bits per heavy atom. The fourth-order valence-electron chi connectivity index (χ4n) is 3.27. The first kappa shape index (κ1) is 12.1. The summed E-state index contributed by atoms with van der Waals surface area (Å²) < 4.78 is 0. The van der Waals surface area contributed by atoms with Crippen LogP contribution < -0.4 is 9.80 Å². The molecule has 2 nitrogen and oxygen atoms in total. The Bertz CT molecular complexity index is 229. The van der Waals surface area contributed by atoms with Crippen molar-refractivity contribution in [2.45, 2.75) is 38.1 Å². The van der Waals surface area contributed by atoms with E-state index in [4.69, 9.17) is 0 Å². The normalized spacial score (nSPS) is 37.2. The van der Waals surface area contributed by atoms with Crippen molar-refractivity contribution in [3.05, 3.63) is 12.2 Å². The highest BCUT2D eigenvalue weighted by molar-refractivity contribution is 4.89. The van der Waals surface area contributed by atoms with Gasteiger partial charge < -0.3 is 9.80 Å². The third kappa shape index (κ3) is 3.33. The molecule has 1 aliphatic heterocycles. The Hall–Kier alpha value is -0.340. The maximum atomic E-state index is 2.42. The largest absolute Gasteiger partial charge is 0.337 e. The molecule has 0 bridgehead atoms. The molecule has 2 atom stereocenters. The average Bonchev–Trinajstić information content (AvgIpc) is 2.31. The highest BCUT2D eigenvalue weighted by Crippen LogP contribution is 2.16. The van der Waals surface area contributed by atoms with Gasteiger partial charge in [0, 0.05) is 18.8 Å². The highest BCUT2D eigenvalue weighted by Gasteiger charge is 2.27. The Morgan fingerprint density at radius 2 is 1.94 bits per heavy atom. The van der Waals surface area contributed by atoms with Gasteiger partial charge in [-0.3, -0.25) is 0 Å². The molecule has 0 spiro atoms. The molecule has 2 N–H and O–H groups in total. The van der Waals surface area contributed by atoms with Gasteiger partial charge in [-0.1, -0.05) is 12.2 Å². The first-order valence-electron chi connectivity index (χ1n) is 7.04. The van der Waals surface area contributed by atoms with Crippen molar-refractivity contribution in [1.82, 2.24) is 0 Å². The fourth-order valence-corrected chi connectivity index (χ4v) is 3.27. The molecule has 0 aromatic carbocycles. The van der Waals surface area contributed by atoms with E-state index in [0.717, 1.165) is 12.0 Å². The molecule has 0 saturated carbocycles. The lowest BCUT2D eigenvalue weighted by Gasteiger charge is -2.32. The highest BCUT2D eigenvalue weighted by atomic mass is 15.2. The number of rotatable bonds is 3. The first-order valence-corrected chi connectivity index (χ1v) is 7.04. The summed E-state index contributed by atoms with van der Waals surface area (Å²) in [6.45, 7) is 4.16. The lowest BCUT2D eigenvalue weighted by molar-refractivity contribution is -0.941. The van der Waals surface area contributed by atoms with Gasteiger partial charge in [0.2, 0.25) is 0 Å². The van der Waals surface area contributed by atoms with Crippen molar-refractivity contribution < 1.29 is 9.80 Å². The third-order valence-electron chi connectivity index (χ3n) is 4.52. The predicted molar refractivity (Wildman–Crippen MR) is 67.9 cm³/mol. The SMILES string of the molecule is C[NH+]1CCC([NH+](C)C[C@H]2CC=CCC2)CC1. The van der Waals surface area contributed by atoms with E-state index < -0.39 is 0 Å². The molecule has 0 aromatic rings. The molecule has 2 rings (SSSR count). The van der Waals surface area contributed by atoms with E-state index in [2.05, 4.69) is 26.2 Å². The van der Waals surface area contributed by atoms with Gasteiger partial charge in [-0.15, -0.1) is 0 Å². The van der Waals surface area contributed by atoms with Crippen molar-refractivity contribution >= 4 is 0 Å². The summed E-state index contributed by atoms with van der Waals surface area (Å²) in [6, 6.07) is 0.939. The summed E-state index contributed by atoms with van der Waals surface area (Å²) in [5, 5.41) is 0. The Morgan fingerprint density at radius 1 is 1.19 bits per heavy atom. The van der Waals surface area contributed by atoms with E-state index in [9.17, 15) is 0 Å². The van der Waals surface area contributed by atoms with Gasteiger partial charge in [0.15, 0.2) is 0 Å². The number of likely N-dealkylation sites (tertiary alicyclic amines) is 1. The lowest BCUT2D eigenvalue weighted by atomic mass is 9.93. The van der Waals surface area contributed by atoms with Crippen LogP contribution in [0.5, 0.6) is 0 Å². The lowest BCUT2D eigenvalue weighted by Crippen LogP contribution is -3.18. The van der Waals surface area contributed by atoms with E-state index in [1.54, 1.807) is 9.80 Å². The summed E-state index contributed by atoms with van der Waals surface area (Å²) in [6.07, 6.45) is 11.7. The molecular weight excluding hydrogens is 196 g/mol. The fraction of sp³-hybridized carbons (Fsp3) is 0.857. The third-order valence-corrected chi connectivity index (χ3v) is 4.52. The number of quaternary nitrogens is 2. The van der Waals surface area contributed by atoms with Gasteiger partial charge in [0.25, 0.3) is 0 Å². The number of allylic oxidation sites excluding steroid dienone is 2. The van der Waals surface area contributed by atoms with E-state index in [0.29, 0.717) is 0 Å². The van der Waals surface area contributed by atoms with Crippen molar-refractivity contribution in [3.8, 4) is 0 Å². The van der Waals surface area contributed by atoms with Crippen LogP contribution in [0.25, 0.3) is 0 Å². The zero-order valence-corrected chi connectivity index (χ0v) is 11.0. The van der Waals surface area contributed by atoms with Gasteiger partial charge in [-0.25, -0.2) is 0 Å². The van der Waals surface area contributed by atoms with Crippen LogP contribution in [-0.2, 0) is 0 Å². The van der Waals surface area contributed by atoms with Gasteiger partial charge >= 0.3 is 0 Å². The topological polar surface area (TPSA) is 8.88 Å². The summed E-state index contributed by atoms with van der Waals surface area (Å²) in [5.41, 5.74) is 0. The molecule has 1 aliphatic carbocycles. The molecule has 92 valence electrons. The second kappa shape index (κ2) is 5.83. The van der Waals surface area contributed by atoms with Crippen LogP contribution in [0, 0.1) is 5.92 Å². The van der Waals surface area contributed by atoms with E-state index >= 15 is 0 Å². The molecular formula is C14H28N2+2. The minimum absolute atomic E-state index is 0.939. The first-order chi connectivity index (χ1) is 7.75. The molecule has 1 heterocycles. The predicted octanol–water partition coefficient (Wildman–Crippen LogP) is -0.465. The Kier molecular flexibility index (Phi) is 4.42. The summed E-state index contributed by atoms with van der Waals surface area (Å²) in [4.78, 5) is 3.53. The number of piperidine rings is 1. The molecule has 16 heavy (non-hydrogen) atoms. The van der Waals surface area contributed by atoms with Crippen LogP contribution >= 0.6 is 0 Å². The standard InChI is InChI=1S/C14H26N2/c1-15-10-8-14(9-11-15)16(2)12-13-6-4-3-5-7-13/h3-4,13-14H,5-12H2,1-2H3/p+2/t13-/m0/s1. The quantitative estimate of drug-likeness (QED) is 0.600. The van der Waals surface area contributed by atoms with Gasteiger partial charge in [0.05, 0.1) is 39.8 Å². The van der Waals surface area contributed by atoms with Gasteiger partial charge in [-0.2, -0.15) is 0 Å². The van der Waals surface area contributed by atoms with Crippen molar-refractivity contribution in [2.75, 3.05) is 33.7 Å². The van der Waals surface area contributed by atoms with E-state index in [1.165, 1.54) is 51.7 Å². The smallest absolute Gasteiger partial charge is 0.0981 e. The van der Waals surface area contributed by atoms with Gasteiger partial charge in [-0.05, 0) is 19.3 Å². The Balaban J connectivity index is 1.74. The van der Waals surface area contributed by atoms with Crippen LogP contribution in [-0.4, -0.2) is 39.8 Å². The second-order valence-corrected chi connectivity index (χ2v) is 5.93. The zero-order valence-electron chi connectivity index (χ0n) is 11.0. The average molecular weight is 224 g/mol. The van der Waals surface area contributed by atoms with E-state index in [-0.39, 0.29) is 0 Å². The maximum absolute atomic E-state index is 2.42. The van der Waals surface area contributed by atoms with Crippen LogP contribution in [0.1, 0.15) is 32.1 Å². The van der Waals surface area contributed by atoms with E-state index in [1.807, 2.05) is 0 Å². The minimum Gasteiger partial charge on any atom is -0.337 e. The summed E-state index contributed by atoms with van der Waals surface area (Å²) in [5.74, 6) is 0.956. The molecule has 0 amide bonds. The van der Waals surface area contributed by atoms with Crippen molar-refractivity contribution in [3.63, 3.8) is 0 Å². The van der Waals surface area contributed by atoms with Crippen LogP contribution in [0.3, 0.4) is 0 Å². The number of hydrogen-bond donors (Lipinski definition) is 2. The molecule has 2 aliphatic rings.